The van der Waals surface area contributed by atoms with E-state index < -0.39 is 0 Å². The van der Waals surface area contributed by atoms with Crippen molar-refractivity contribution in [2.45, 2.75) is 33.7 Å². The lowest BCUT2D eigenvalue weighted by molar-refractivity contribution is 0.367. The Labute approximate surface area is 111 Å². The Bertz CT molecular complexity index is 726. The lowest BCUT2D eigenvalue weighted by Gasteiger charge is -2.03. The summed E-state index contributed by atoms with van der Waals surface area (Å²) in [6.45, 7) is 6.77. The number of hydrogen-bond donors (Lipinski definition) is 0. The maximum Gasteiger partial charge on any atom is 0.246 e. The monoisotopic (exact) mass is 256 g/mol. The first-order chi connectivity index (χ1) is 9.17. The van der Waals surface area contributed by atoms with E-state index in [-0.39, 0.29) is 0 Å². The Kier molecular flexibility index (Phi) is 2.81. The van der Waals surface area contributed by atoms with Crippen molar-refractivity contribution in [1.29, 1.82) is 0 Å². The first kappa shape index (κ1) is 11.9. The van der Waals surface area contributed by atoms with Crippen molar-refractivity contribution in [3.8, 4) is 0 Å². The van der Waals surface area contributed by atoms with E-state index in [2.05, 4.69) is 41.1 Å². The molecule has 3 aromatic rings. The van der Waals surface area contributed by atoms with Crippen LogP contribution in [-0.4, -0.2) is 19.7 Å². The second kappa shape index (κ2) is 4.50. The summed E-state index contributed by atoms with van der Waals surface area (Å²) in [6.07, 6.45) is 2.60. The minimum Gasteiger partial charge on any atom is -0.337 e. The van der Waals surface area contributed by atoms with Gasteiger partial charge in [0, 0.05) is 6.42 Å². The second-order valence-corrected chi connectivity index (χ2v) is 4.76. The molecule has 0 aliphatic carbocycles. The molecule has 19 heavy (non-hydrogen) atoms. The maximum atomic E-state index is 5.22. The number of hydrogen-bond acceptors (Lipinski definition) is 4. The summed E-state index contributed by atoms with van der Waals surface area (Å²) in [5, 5.41) is 3.91. The van der Waals surface area contributed by atoms with Crippen LogP contribution in [0.25, 0.3) is 11.0 Å². The number of rotatable bonds is 3. The fourth-order valence-corrected chi connectivity index (χ4v) is 2.08. The maximum absolute atomic E-state index is 5.22. The molecule has 0 spiro atoms. The van der Waals surface area contributed by atoms with E-state index in [0.29, 0.717) is 12.4 Å². The number of benzene rings is 1. The molecule has 5 heteroatoms. The van der Waals surface area contributed by atoms with Gasteiger partial charge in [-0.3, -0.25) is 0 Å². The Morgan fingerprint density at radius 2 is 2.00 bits per heavy atom. The van der Waals surface area contributed by atoms with Gasteiger partial charge in [0.25, 0.3) is 0 Å². The van der Waals surface area contributed by atoms with Gasteiger partial charge in [-0.2, -0.15) is 4.98 Å². The van der Waals surface area contributed by atoms with Crippen LogP contribution in [0.3, 0.4) is 0 Å². The van der Waals surface area contributed by atoms with Crippen LogP contribution in [0.5, 0.6) is 0 Å². The lowest BCUT2D eigenvalue weighted by Crippen LogP contribution is -1.99. The fourth-order valence-electron chi connectivity index (χ4n) is 2.08. The standard InChI is InChI=1S/C14H16N4O/c1-4-13-16-14(19-17-13)7-18-8-15-11-5-9(2)10(3)6-12(11)18/h5-6,8H,4,7H2,1-3H3. The summed E-state index contributed by atoms with van der Waals surface area (Å²) in [5.74, 6) is 1.36. The Morgan fingerprint density at radius 1 is 1.21 bits per heavy atom. The Morgan fingerprint density at radius 3 is 2.74 bits per heavy atom. The highest BCUT2D eigenvalue weighted by molar-refractivity contribution is 5.77. The van der Waals surface area contributed by atoms with E-state index >= 15 is 0 Å². The Hall–Kier alpha value is -2.17. The average Bonchev–Trinajstić information content (AvgIpc) is 2.99. The smallest absolute Gasteiger partial charge is 0.246 e. The molecule has 0 radical (unpaired) electrons. The summed E-state index contributed by atoms with van der Waals surface area (Å²) in [4.78, 5) is 8.74. The lowest BCUT2D eigenvalue weighted by atomic mass is 10.1. The van der Waals surface area contributed by atoms with Gasteiger partial charge < -0.3 is 9.09 Å². The fraction of sp³-hybridized carbons (Fsp3) is 0.357. The molecule has 0 aliphatic rings. The molecular weight excluding hydrogens is 240 g/mol. The first-order valence-corrected chi connectivity index (χ1v) is 6.41. The quantitative estimate of drug-likeness (QED) is 0.723. The second-order valence-electron chi connectivity index (χ2n) is 4.76. The zero-order chi connectivity index (χ0) is 13.4. The van der Waals surface area contributed by atoms with Crippen LogP contribution in [-0.2, 0) is 13.0 Å². The normalized spacial score (nSPS) is 11.3. The van der Waals surface area contributed by atoms with Crippen LogP contribution >= 0.6 is 0 Å². The van der Waals surface area contributed by atoms with Gasteiger partial charge in [-0.1, -0.05) is 12.1 Å². The van der Waals surface area contributed by atoms with Gasteiger partial charge in [0.05, 0.1) is 17.4 Å². The zero-order valence-electron chi connectivity index (χ0n) is 11.3. The zero-order valence-corrected chi connectivity index (χ0v) is 11.3. The van der Waals surface area contributed by atoms with Crippen LogP contribution in [0.4, 0.5) is 0 Å². The van der Waals surface area contributed by atoms with Gasteiger partial charge in [0.15, 0.2) is 5.82 Å². The molecule has 0 bridgehead atoms. The number of aromatic nitrogens is 4. The molecule has 0 amide bonds. The molecule has 0 aliphatic heterocycles. The number of fused-ring (bicyclic) bond motifs is 1. The minimum atomic E-state index is 0.562. The highest BCUT2D eigenvalue weighted by Gasteiger charge is 2.09. The summed E-state index contributed by atoms with van der Waals surface area (Å²) < 4.78 is 7.26. The van der Waals surface area contributed by atoms with Crippen molar-refractivity contribution in [3.63, 3.8) is 0 Å². The minimum absolute atomic E-state index is 0.562. The van der Waals surface area contributed by atoms with Gasteiger partial charge in [0.1, 0.15) is 6.54 Å². The van der Waals surface area contributed by atoms with Crippen LogP contribution in [0.1, 0.15) is 29.8 Å². The SMILES string of the molecule is CCc1noc(Cn2cnc3cc(C)c(C)cc32)n1. The highest BCUT2D eigenvalue weighted by Crippen LogP contribution is 2.19. The predicted molar refractivity (Wildman–Crippen MR) is 72.0 cm³/mol. The number of nitrogens with zero attached hydrogens (tertiary/aromatic N) is 4. The van der Waals surface area contributed by atoms with Crippen molar-refractivity contribution in [1.82, 2.24) is 19.7 Å². The van der Waals surface area contributed by atoms with Crippen molar-refractivity contribution < 1.29 is 4.52 Å². The van der Waals surface area contributed by atoms with Crippen LogP contribution < -0.4 is 0 Å². The van der Waals surface area contributed by atoms with E-state index in [1.54, 1.807) is 0 Å². The molecule has 2 heterocycles. The highest BCUT2D eigenvalue weighted by atomic mass is 16.5. The number of aryl methyl sites for hydroxylation is 3. The van der Waals surface area contributed by atoms with Crippen molar-refractivity contribution in [3.05, 3.63) is 41.3 Å². The van der Waals surface area contributed by atoms with E-state index in [4.69, 9.17) is 4.52 Å². The van der Waals surface area contributed by atoms with Crippen LogP contribution in [0.2, 0.25) is 0 Å². The Balaban J connectivity index is 1.98. The van der Waals surface area contributed by atoms with Gasteiger partial charge in [-0.25, -0.2) is 4.98 Å². The molecule has 5 nitrogen and oxygen atoms in total. The van der Waals surface area contributed by atoms with Crippen LogP contribution in [0.15, 0.2) is 23.0 Å². The van der Waals surface area contributed by atoms with E-state index in [9.17, 15) is 0 Å². The molecule has 0 saturated heterocycles. The summed E-state index contributed by atoms with van der Waals surface area (Å²) >= 11 is 0. The molecule has 0 unspecified atom stereocenters. The largest absolute Gasteiger partial charge is 0.337 e. The molecule has 2 aromatic heterocycles. The summed E-state index contributed by atoms with van der Waals surface area (Å²) in [5.41, 5.74) is 4.61. The predicted octanol–water partition coefficient (Wildman–Crippen LogP) is 2.65. The van der Waals surface area contributed by atoms with Gasteiger partial charge in [0.2, 0.25) is 5.89 Å². The van der Waals surface area contributed by atoms with Crippen LogP contribution in [0, 0.1) is 13.8 Å². The summed E-state index contributed by atoms with van der Waals surface area (Å²) in [6, 6.07) is 4.25. The first-order valence-electron chi connectivity index (χ1n) is 6.41. The molecule has 0 fully saturated rings. The van der Waals surface area contributed by atoms with Gasteiger partial charge in [-0.05, 0) is 37.1 Å². The molecule has 98 valence electrons. The molecule has 1 aromatic carbocycles. The van der Waals surface area contributed by atoms with E-state index in [1.807, 2.05) is 17.8 Å². The topological polar surface area (TPSA) is 56.7 Å². The van der Waals surface area contributed by atoms with Crippen molar-refractivity contribution in [2.75, 3.05) is 0 Å². The third kappa shape index (κ3) is 2.12. The molecule has 3 rings (SSSR count). The van der Waals surface area contributed by atoms with Gasteiger partial charge in [-0.15, -0.1) is 0 Å². The van der Waals surface area contributed by atoms with E-state index in [1.165, 1.54) is 11.1 Å². The molecule has 0 saturated carbocycles. The van der Waals surface area contributed by atoms with E-state index in [0.717, 1.165) is 23.3 Å². The average molecular weight is 256 g/mol. The molecular formula is C14H16N4O. The number of imidazole rings is 1. The molecule has 0 atom stereocenters. The summed E-state index contributed by atoms with van der Waals surface area (Å²) in [7, 11) is 0. The van der Waals surface area contributed by atoms with Crippen molar-refractivity contribution in [2.24, 2.45) is 0 Å². The third-order valence-electron chi connectivity index (χ3n) is 3.37. The third-order valence-corrected chi connectivity index (χ3v) is 3.37. The van der Waals surface area contributed by atoms with Crippen molar-refractivity contribution >= 4 is 11.0 Å². The van der Waals surface area contributed by atoms with Gasteiger partial charge >= 0.3 is 0 Å². The molecule has 0 N–H and O–H groups in total.